The second kappa shape index (κ2) is 3.31. The van der Waals surface area contributed by atoms with Crippen molar-refractivity contribution >= 4 is 0 Å². The van der Waals surface area contributed by atoms with Gasteiger partial charge in [-0.25, -0.2) is 8.78 Å². The van der Waals surface area contributed by atoms with E-state index < -0.39 is 11.9 Å². The Balaban J connectivity index is 2.22. The molecule has 1 saturated carbocycles. The molecule has 0 aromatic heterocycles. The van der Waals surface area contributed by atoms with Gasteiger partial charge in [0.05, 0.1) is 6.10 Å². The molecule has 0 bridgehead atoms. The second-order valence-corrected chi connectivity index (χ2v) is 3.91. The van der Waals surface area contributed by atoms with Crippen LogP contribution in [0.2, 0.25) is 0 Å². The maximum atomic E-state index is 13.2. The van der Waals surface area contributed by atoms with Crippen LogP contribution < -0.4 is 0 Å². The Morgan fingerprint density at radius 2 is 2.14 bits per heavy atom. The van der Waals surface area contributed by atoms with Gasteiger partial charge in [-0.1, -0.05) is 0 Å². The summed E-state index contributed by atoms with van der Waals surface area (Å²) in [6, 6.07) is 3.48. The van der Waals surface area contributed by atoms with E-state index in [0.29, 0.717) is 5.56 Å². The van der Waals surface area contributed by atoms with Crippen LogP contribution in [0.5, 0.6) is 0 Å². The molecule has 1 fully saturated rings. The minimum absolute atomic E-state index is 0.00861. The number of benzene rings is 1. The fraction of sp³-hybridized carbons (Fsp3) is 0.455. The molecule has 76 valence electrons. The lowest BCUT2D eigenvalue weighted by Gasteiger charge is -2.04. The highest BCUT2D eigenvalue weighted by molar-refractivity contribution is 5.28. The SMILES string of the molecule is C[C@@H](O)[C@@H]1C[C@@H]1c1cc(F)ccc1F. The summed E-state index contributed by atoms with van der Waals surface area (Å²) in [4.78, 5) is 0. The van der Waals surface area contributed by atoms with Crippen molar-refractivity contribution in [1.29, 1.82) is 0 Å². The zero-order valence-corrected chi connectivity index (χ0v) is 7.87. The highest BCUT2D eigenvalue weighted by Gasteiger charge is 2.42. The number of rotatable bonds is 2. The molecule has 1 aromatic rings. The fourth-order valence-corrected chi connectivity index (χ4v) is 1.90. The molecular formula is C11H12F2O. The molecule has 3 heteroatoms. The van der Waals surface area contributed by atoms with E-state index in [1.54, 1.807) is 6.92 Å². The van der Waals surface area contributed by atoms with Crippen molar-refractivity contribution in [2.75, 3.05) is 0 Å². The second-order valence-electron chi connectivity index (χ2n) is 3.91. The third kappa shape index (κ3) is 1.64. The van der Waals surface area contributed by atoms with E-state index >= 15 is 0 Å². The van der Waals surface area contributed by atoms with Crippen molar-refractivity contribution in [3.63, 3.8) is 0 Å². The molecule has 1 aromatic carbocycles. The number of hydrogen-bond donors (Lipinski definition) is 1. The van der Waals surface area contributed by atoms with Gasteiger partial charge in [-0.15, -0.1) is 0 Å². The summed E-state index contributed by atoms with van der Waals surface area (Å²) in [6.45, 7) is 1.68. The molecular weight excluding hydrogens is 186 g/mol. The van der Waals surface area contributed by atoms with Crippen LogP contribution in [-0.4, -0.2) is 11.2 Å². The lowest BCUT2D eigenvalue weighted by Crippen LogP contribution is -2.04. The average Bonchev–Trinajstić information content (AvgIpc) is 2.88. The minimum Gasteiger partial charge on any atom is -0.393 e. The number of aliphatic hydroxyl groups excluding tert-OH is 1. The van der Waals surface area contributed by atoms with Gasteiger partial charge in [0, 0.05) is 0 Å². The molecule has 14 heavy (non-hydrogen) atoms. The minimum atomic E-state index is -0.442. The quantitative estimate of drug-likeness (QED) is 0.773. The van der Waals surface area contributed by atoms with Crippen molar-refractivity contribution in [3.05, 3.63) is 35.4 Å². The van der Waals surface area contributed by atoms with Gasteiger partial charge in [0.1, 0.15) is 11.6 Å². The van der Waals surface area contributed by atoms with Gasteiger partial charge >= 0.3 is 0 Å². The Bertz CT molecular complexity index is 349. The first-order valence-electron chi connectivity index (χ1n) is 4.72. The van der Waals surface area contributed by atoms with Gasteiger partial charge < -0.3 is 5.11 Å². The molecule has 1 N–H and O–H groups in total. The van der Waals surface area contributed by atoms with E-state index in [1.165, 1.54) is 6.07 Å². The summed E-state index contributed by atoms with van der Waals surface area (Å²) < 4.78 is 26.1. The normalized spacial score (nSPS) is 27.4. The van der Waals surface area contributed by atoms with Crippen LogP contribution in [-0.2, 0) is 0 Å². The highest BCUT2D eigenvalue weighted by atomic mass is 19.1. The van der Waals surface area contributed by atoms with Gasteiger partial charge in [-0.3, -0.25) is 0 Å². The maximum Gasteiger partial charge on any atom is 0.126 e. The first-order valence-corrected chi connectivity index (χ1v) is 4.72. The summed E-state index contributed by atoms with van der Waals surface area (Å²) in [7, 11) is 0. The third-order valence-corrected chi connectivity index (χ3v) is 2.82. The zero-order valence-electron chi connectivity index (χ0n) is 7.87. The summed E-state index contributed by atoms with van der Waals surface area (Å²) in [6.07, 6.45) is 0.306. The Labute approximate surface area is 81.4 Å². The fourth-order valence-electron chi connectivity index (χ4n) is 1.90. The van der Waals surface area contributed by atoms with Crippen molar-refractivity contribution in [2.24, 2.45) is 5.92 Å². The van der Waals surface area contributed by atoms with Crippen LogP contribution in [0.3, 0.4) is 0 Å². The van der Waals surface area contributed by atoms with Crippen LogP contribution in [0.25, 0.3) is 0 Å². The molecule has 1 aliphatic rings. The maximum absolute atomic E-state index is 13.2. The predicted octanol–water partition coefficient (Wildman–Crippen LogP) is 2.45. The Morgan fingerprint density at radius 1 is 1.43 bits per heavy atom. The van der Waals surface area contributed by atoms with Gasteiger partial charge in [0.15, 0.2) is 0 Å². The lowest BCUT2D eigenvalue weighted by atomic mass is 10.1. The molecule has 3 atom stereocenters. The zero-order chi connectivity index (χ0) is 10.3. The van der Waals surface area contributed by atoms with Crippen LogP contribution in [0.15, 0.2) is 18.2 Å². The van der Waals surface area contributed by atoms with Gasteiger partial charge in [-0.05, 0) is 48.9 Å². The van der Waals surface area contributed by atoms with Crippen molar-refractivity contribution in [3.8, 4) is 0 Å². The van der Waals surface area contributed by atoms with Crippen molar-refractivity contribution < 1.29 is 13.9 Å². The van der Waals surface area contributed by atoms with Crippen LogP contribution in [0.1, 0.15) is 24.8 Å². The van der Waals surface area contributed by atoms with Gasteiger partial charge in [-0.2, -0.15) is 0 Å². The molecule has 0 radical (unpaired) electrons. The van der Waals surface area contributed by atoms with E-state index in [9.17, 15) is 13.9 Å². The predicted molar refractivity (Wildman–Crippen MR) is 48.9 cm³/mol. The molecule has 0 heterocycles. The molecule has 1 aliphatic carbocycles. The van der Waals surface area contributed by atoms with E-state index in [2.05, 4.69) is 0 Å². The number of hydrogen-bond acceptors (Lipinski definition) is 1. The Morgan fingerprint density at radius 3 is 2.71 bits per heavy atom. The van der Waals surface area contributed by atoms with E-state index in [0.717, 1.165) is 18.6 Å². The van der Waals surface area contributed by atoms with E-state index in [1.807, 2.05) is 0 Å². The van der Waals surface area contributed by atoms with Gasteiger partial charge in [0.2, 0.25) is 0 Å². The smallest absolute Gasteiger partial charge is 0.126 e. The first kappa shape index (κ1) is 9.59. The summed E-state index contributed by atoms with van der Waals surface area (Å²) >= 11 is 0. The Hall–Kier alpha value is -0.960. The standard InChI is InChI=1S/C11H12F2O/c1-6(14)8-5-9(8)10-4-7(12)2-3-11(10)13/h2-4,6,8-9,14H,5H2,1H3/t6-,8+,9+/m1/s1. The molecule has 1 nitrogen and oxygen atoms in total. The van der Waals surface area contributed by atoms with Crippen molar-refractivity contribution in [2.45, 2.75) is 25.4 Å². The molecule has 0 amide bonds. The van der Waals surface area contributed by atoms with E-state index in [4.69, 9.17) is 0 Å². The van der Waals surface area contributed by atoms with Crippen LogP contribution in [0, 0.1) is 17.6 Å². The summed E-state index contributed by atoms with van der Waals surface area (Å²) in [5.74, 6) is -0.714. The topological polar surface area (TPSA) is 20.2 Å². The largest absolute Gasteiger partial charge is 0.393 e. The third-order valence-electron chi connectivity index (χ3n) is 2.82. The molecule has 0 spiro atoms. The summed E-state index contributed by atoms with van der Waals surface area (Å²) in [5.41, 5.74) is 0.399. The lowest BCUT2D eigenvalue weighted by molar-refractivity contribution is 0.168. The number of aliphatic hydroxyl groups is 1. The monoisotopic (exact) mass is 198 g/mol. The molecule has 0 saturated heterocycles. The molecule has 0 unspecified atom stereocenters. The molecule has 0 aliphatic heterocycles. The van der Waals surface area contributed by atoms with Crippen molar-refractivity contribution in [1.82, 2.24) is 0 Å². The average molecular weight is 198 g/mol. The number of halogens is 2. The highest BCUT2D eigenvalue weighted by Crippen LogP contribution is 2.50. The molecule has 2 rings (SSSR count). The van der Waals surface area contributed by atoms with E-state index in [-0.39, 0.29) is 17.7 Å². The van der Waals surface area contributed by atoms with Crippen LogP contribution in [0.4, 0.5) is 8.78 Å². The van der Waals surface area contributed by atoms with Crippen LogP contribution >= 0.6 is 0 Å². The van der Waals surface area contributed by atoms with Gasteiger partial charge in [0.25, 0.3) is 0 Å². The Kier molecular flexibility index (Phi) is 2.27. The summed E-state index contributed by atoms with van der Waals surface area (Å²) in [5, 5.41) is 9.27. The first-order chi connectivity index (χ1) is 6.59.